The van der Waals surface area contributed by atoms with Crippen molar-refractivity contribution in [1.82, 2.24) is 5.43 Å². The Kier molecular flexibility index (Phi) is 7.95. The van der Waals surface area contributed by atoms with Crippen LogP contribution < -0.4 is 14.9 Å². The molecular formula is C19H21BrN2O4. The number of phenols is 1. The molecule has 0 radical (unpaired) electrons. The molecular weight excluding hydrogens is 400 g/mol. The van der Waals surface area contributed by atoms with E-state index in [1.165, 1.54) is 12.3 Å². The van der Waals surface area contributed by atoms with Gasteiger partial charge in [-0.15, -0.1) is 0 Å². The Morgan fingerprint density at radius 1 is 1.19 bits per heavy atom. The Balaban J connectivity index is 1.76. The molecule has 2 aromatic carbocycles. The van der Waals surface area contributed by atoms with Gasteiger partial charge in [0.15, 0.2) is 6.61 Å². The van der Waals surface area contributed by atoms with Gasteiger partial charge in [0, 0.05) is 10.0 Å². The van der Waals surface area contributed by atoms with Gasteiger partial charge in [-0.3, -0.25) is 4.79 Å². The first-order chi connectivity index (χ1) is 12.6. The number of benzene rings is 2. The molecule has 26 heavy (non-hydrogen) atoms. The molecule has 0 fully saturated rings. The van der Waals surface area contributed by atoms with Gasteiger partial charge < -0.3 is 14.6 Å². The van der Waals surface area contributed by atoms with E-state index in [2.05, 4.69) is 33.4 Å². The van der Waals surface area contributed by atoms with E-state index in [1.54, 1.807) is 36.4 Å². The number of carbonyl (C=O) groups is 1. The lowest BCUT2D eigenvalue weighted by Crippen LogP contribution is -2.24. The standard InChI is InChI=1S/C19H21BrN2O4/c1-2-3-10-25-16-5-7-17(8-6-16)26-13-19(24)22-21-12-14-11-15(20)4-9-18(14)23/h4-9,11-12,23H,2-3,10,13H2,1H3,(H,22,24). The predicted octanol–water partition coefficient (Wildman–Crippen LogP) is 3.86. The van der Waals surface area contributed by atoms with Crippen molar-refractivity contribution >= 4 is 28.1 Å². The topological polar surface area (TPSA) is 80.2 Å². The summed E-state index contributed by atoms with van der Waals surface area (Å²) in [5.41, 5.74) is 2.83. The number of amides is 1. The van der Waals surface area contributed by atoms with Gasteiger partial charge in [-0.05, 0) is 48.9 Å². The molecule has 0 saturated carbocycles. The van der Waals surface area contributed by atoms with Crippen LogP contribution in [0.4, 0.5) is 0 Å². The molecule has 7 heteroatoms. The van der Waals surface area contributed by atoms with Gasteiger partial charge >= 0.3 is 0 Å². The number of halogens is 1. The number of aromatic hydroxyl groups is 1. The van der Waals surface area contributed by atoms with E-state index in [0.29, 0.717) is 17.9 Å². The van der Waals surface area contributed by atoms with Crippen molar-refractivity contribution in [1.29, 1.82) is 0 Å². The highest BCUT2D eigenvalue weighted by molar-refractivity contribution is 9.10. The number of nitrogens with one attached hydrogen (secondary N) is 1. The second-order valence-corrected chi connectivity index (χ2v) is 6.37. The van der Waals surface area contributed by atoms with Gasteiger partial charge in [-0.2, -0.15) is 5.10 Å². The van der Waals surface area contributed by atoms with Gasteiger partial charge in [0.1, 0.15) is 17.2 Å². The number of nitrogens with zero attached hydrogens (tertiary/aromatic N) is 1. The maximum Gasteiger partial charge on any atom is 0.277 e. The smallest absolute Gasteiger partial charge is 0.277 e. The summed E-state index contributed by atoms with van der Waals surface area (Å²) in [6, 6.07) is 12.0. The van der Waals surface area contributed by atoms with Crippen LogP contribution in [0.3, 0.4) is 0 Å². The largest absolute Gasteiger partial charge is 0.507 e. The molecule has 0 spiro atoms. The van der Waals surface area contributed by atoms with E-state index in [0.717, 1.165) is 23.1 Å². The van der Waals surface area contributed by atoms with Crippen LogP contribution in [0, 0.1) is 0 Å². The fourth-order valence-electron chi connectivity index (χ4n) is 1.95. The fraction of sp³-hybridized carbons (Fsp3) is 0.263. The van der Waals surface area contributed by atoms with Crippen molar-refractivity contribution in [3.63, 3.8) is 0 Å². The maximum absolute atomic E-state index is 11.8. The average molecular weight is 421 g/mol. The van der Waals surface area contributed by atoms with Crippen molar-refractivity contribution in [2.24, 2.45) is 5.10 Å². The van der Waals surface area contributed by atoms with Crippen molar-refractivity contribution in [3.05, 3.63) is 52.5 Å². The van der Waals surface area contributed by atoms with Crippen LogP contribution in [0.25, 0.3) is 0 Å². The lowest BCUT2D eigenvalue weighted by molar-refractivity contribution is -0.123. The molecule has 6 nitrogen and oxygen atoms in total. The SMILES string of the molecule is CCCCOc1ccc(OCC(=O)NN=Cc2cc(Br)ccc2O)cc1. The summed E-state index contributed by atoms with van der Waals surface area (Å²) >= 11 is 3.30. The van der Waals surface area contributed by atoms with Gasteiger partial charge in [0.25, 0.3) is 5.91 Å². The number of hydrogen-bond donors (Lipinski definition) is 2. The van der Waals surface area contributed by atoms with Crippen molar-refractivity contribution in [3.8, 4) is 17.2 Å². The molecule has 0 saturated heterocycles. The molecule has 0 aromatic heterocycles. The molecule has 138 valence electrons. The fourth-order valence-corrected chi connectivity index (χ4v) is 2.33. The summed E-state index contributed by atoms with van der Waals surface area (Å²) in [6.45, 7) is 2.62. The molecule has 0 unspecified atom stereocenters. The number of phenolic OH excluding ortho intramolecular Hbond substituents is 1. The number of ether oxygens (including phenoxy) is 2. The second kappa shape index (κ2) is 10.5. The molecule has 0 aliphatic heterocycles. The van der Waals surface area contributed by atoms with Crippen LogP contribution >= 0.6 is 15.9 Å². The van der Waals surface area contributed by atoms with Crippen LogP contribution in [0.5, 0.6) is 17.2 Å². The molecule has 2 N–H and O–H groups in total. The molecule has 0 aliphatic carbocycles. The zero-order chi connectivity index (χ0) is 18.8. The molecule has 0 bridgehead atoms. The van der Waals surface area contributed by atoms with Crippen molar-refractivity contribution < 1.29 is 19.4 Å². The number of carbonyl (C=O) groups excluding carboxylic acids is 1. The summed E-state index contributed by atoms with van der Waals surface area (Å²) in [5.74, 6) is 1.01. The van der Waals surface area contributed by atoms with E-state index >= 15 is 0 Å². The van der Waals surface area contributed by atoms with E-state index < -0.39 is 5.91 Å². The molecule has 0 atom stereocenters. The van der Waals surface area contributed by atoms with E-state index in [1.807, 2.05) is 0 Å². The number of hydrazone groups is 1. The summed E-state index contributed by atoms with van der Waals surface area (Å²) in [6.07, 6.45) is 3.46. The van der Waals surface area contributed by atoms with Crippen LogP contribution in [0.1, 0.15) is 25.3 Å². The Labute approximate surface area is 161 Å². The average Bonchev–Trinajstić information content (AvgIpc) is 2.64. The Morgan fingerprint density at radius 2 is 1.88 bits per heavy atom. The number of hydrogen-bond acceptors (Lipinski definition) is 5. The van der Waals surface area contributed by atoms with E-state index in [9.17, 15) is 9.90 Å². The quantitative estimate of drug-likeness (QED) is 0.366. The van der Waals surface area contributed by atoms with Crippen LogP contribution in [-0.4, -0.2) is 30.4 Å². The second-order valence-electron chi connectivity index (χ2n) is 5.46. The molecule has 0 aliphatic rings. The first-order valence-electron chi connectivity index (χ1n) is 8.24. The number of unbranched alkanes of at least 4 members (excludes halogenated alkanes) is 1. The third-order valence-corrected chi connectivity index (χ3v) is 3.84. The first kappa shape index (κ1) is 19.8. The molecule has 2 rings (SSSR count). The van der Waals surface area contributed by atoms with Gasteiger partial charge in [-0.1, -0.05) is 29.3 Å². The minimum Gasteiger partial charge on any atom is -0.507 e. The van der Waals surface area contributed by atoms with Crippen molar-refractivity contribution in [2.45, 2.75) is 19.8 Å². The highest BCUT2D eigenvalue weighted by Gasteiger charge is 2.03. The molecule has 1 amide bonds. The Morgan fingerprint density at radius 3 is 2.58 bits per heavy atom. The maximum atomic E-state index is 11.8. The van der Waals surface area contributed by atoms with Crippen LogP contribution in [0.2, 0.25) is 0 Å². The van der Waals surface area contributed by atoms with Crippen LogP contribution in [0.15, 0.2) is 52.0 Å². The van der Waals surface area contributed by atoms with Gasteiger partial charge in [0.2, 0.25) is 0 Å². The Hall–Kier alpha value is -2.54. The molecule has 2 aromatic rings. The Bertz CT molecular complexity index is 748. The van der Waals surface area contributed by atoms with Crippen LogP contribution in [-0.2, 0) is 4.79 Å². The summed E-state index contributed by atoms with van der Waals surface area (Å²) < 4.78 is 11.8. The first-order valence-corrected chi connectivity index (χ1v) is 9.04. The predicted molar refractivity (Wildman–Crippen MR) is 104 cm³/mol. The normalized spacial score (nSPS) is 10.7. The highest BCUT2D eigenvalue weighted by Crippen LogP contribution is 2.20. The lowest BCUT2D eigenvalue weighted by atomic mass is 10.2. The van der Waals surface area contributed by atoms with Gasteiger partial charge in [-0.25, -0.2) is 5.43 Å². The molecule has 0 heterocycles. The summed E-state index contributed by atoms with van der Waals surface area (Å²) in [5, 5.41) is 13.5. The summed E-state index contributed by atoms with van der Waals surface area (Å²) in [7, 11) is 0. The zero-order valence-corrected chi connectivity index (χ0v) is 16.0. The third kappa shape index (κ3) is 6.76. The minimum absolute atomic E-state index is 0.0729. The summed E-state index contributed by atoms with van der Waals surface area (Å²) in [4.78, 5) is 11.8. The zero-order valence-electron chi connectivity index (χ0n) is 14.4. The highest BCUT2D eigenvalue weighted by atomic mass is 79.9. The number of rotatable bonds is 9. The van der Waals surface area contributed by atoms with E-state index in [-0.39, 0.29) is 12.4 Å². The van der Waals surface area contributed by atoms with Gasteiger partial charge in [0.05, 0.1) is 12.8 Å². The monoisotopic (exact) mass is 420 g/mol. The lowest BCUT2D eigenvalue weighted by Gasteiger charge is -2.08. The van der Waals surface area contributed by atoms with E-state index in [4.69, 9.17) is 9.47 Å². The minimum atomic E-state index is -0.404. The van der Waals surface area contributed by atoms with Crippen molar-refractivity contribution in [2.75, 3.05) is 13.2 Å². The third-order valence-electron chi connectivity index (χ3n) is 3.34.